The van der Waals surface area contributed by atoms with Crippen LogP contribution in [0.1, 0.15) is 25.8 Å². The van der Waals surface area contributed by atoms with Gasteiger partial charge in [-0.3, -0.25) is 4.90 Å². The topological polar surface area (TPSA) is 32.7 Å². The molecule has 2 rings (SSSR count). The molecule has 0 radical (unpaired) electrons. The number of ether oxygens (including phenoxy) is 1. The van der Waals surface area contributed by atoms with Crippen LogP contribution < -0.4 is 4.74 Å². The van der Waals surface area contributed by atoms with E-state index < -0.39 is 17.2 Å². The van der Waals surface area contributed by atoms with E-state index in [1.165, 1.54) is 19.2 Å². The Bertz CT molecular complexity index is 462. The molecule has 1 heterocycles. The molecule has 1 aliphatic rings. The van der Waals surface area contributed by atoms with Crippen LogP contribution in [-0.4, -0.2) is 35.8 Å². The Balaban J connectivity index is 2.09. The lowest BCUT2D eigenvalue weighted by Gasteiger charge is -2.25. The fraction of sp³-hybridized carbons (Fsp3) is 0.600. The van der Waals surface area contributed by atoms with Crippen LogP contribution in [-0.2, 0) is 6.54 Å². The summed E-state index contributed by atoms with van der Waals surface area (Å²) in [5.74, 6) is -0.867. The molecule has 20 heavy (non-hydrogen) atoms. The average Bonchev–Trinajstić information content (AvgIpc) is 2.82. The van der Waals surface area contributed by atoms with E-state index in [-0.39, 0.29) is 23.8 Å². The summed E-state index contributed by atoms with van der Waals surface area (Å²) in [6.45, 7) is 5.15. The Hall–Kier alpha value is -1.20. The van der Waals surface area contributed by atoms with E-state index in [1.807, 2.05) is 4.90 Å². The van der Waals surface area contributed by atoms with Crippen LogP contribution in [0.3, 0.4) is 0 Å². The largest absolute Gasteiger partial charge is 0.497 e. The minimum Gasteiger partial charge on any atom is -0.497 e. The van der Waals surface area contributed by atoms with Crippen molar-refractivity contribution in [2.45, 2.75) is 32.4 Å². The van der Waals surface area contributed by atoms with Crippen LogP contribution in [0.15, 0.2) is 12.1 Å². The molecule has 0 saturated carbocycles. The first-order valence-corrected chi connectivity index (χ1v) is 6.78. The van der Waals surface area contributed by atoms with E-state index in [4.69, 9.17) is 4.74 Å². The quantitative estimate of drug-likeness (QED) is 0.923. The molecule has 1 N–H and O–H groups in total. The monoisotopic (exact) mass is 285 g/mol. The Kier molecular flexibility index (Phi) is 4.30. The lowest BCUT2D eigenvalue weighted by Crippen LogP contribution is -2.33. The number of nitrogens with zero attached hydrogens (tertiary/aromatic N) is 1. The summed E-state index contributed by atoms with van der Waals surface area (Å²) in [5.41, 5.74) is -0.701. The first-order valence-electron chi connectivity index (χ1n) is 6.78. The molecule has 0 aromatic heterocycles. The van der Waals surface area contributed by atoms with Crippen molar-refractivity contribution in [3.05, 3.63) is 29.3 Å². The Labute approximate surface area is 118 Å². The van der Waals surface area contributed by atoms with Gasteiger partial charge < -0.3 is 9.84 Å². The van der Waals surface area contributed by atoms with Gasteiger partial charge in [0.15, 0.2) is 0 Å². The fourth-order valence-electron chi connectivity index (χ4n) is 2.63. The summed E-state index contributed by atoms with van der Waals surface area (Å²) >= 11 is 0. The molecule has 1 saturated heterocycles. The van der Waals surface area contributed by atoms with Gasteiger partial charge in [0.1, 0.15) is 17.4 Å². The van der Waals surface area contributed by atoms with E-state index in [9.17, 15) is 13.9 Å². The van der Waals surface area contributed by atoms with E-state index in [1.54, 1.807) is 13.8 Å². The molecule has 0 spiro atoms. The van der Waals surface area contributed by atoms with Gasteiger partial charge in [-0.2, -0.15) is 0 Å². The van der Waals surface area contributed by atoms with E-state index in [0.717, 1.165) is 13.0 Å². The molecule has 112 valence electrons. The number of hydrogen-bond donors (Lipinski definition) is 1. The number of methoxy groups -OCH3 is 1. The minimum absolute atomic E-state index is 0.0576. The van der Waals surface area contributed by atoms with Crippen molar-refractivity contribution in [3.8, 4) is 5.75 Å². The third-order valence-corrected chi connectivity index (χ3v) is 4.00. The zero-order valence-electron chi connectivity index (χ0n) is 12.1. The molecule has 0 amide bonds. The maximum atomic E-state index is 13.9. The number of hydrogen-bond acceptors (Lipinski definition) is 3. The summed E-state index contributed by atoms with van der Waals surface area (Å²) < 4.78 is 32.6. The number of aliphatic hydroxyl groups is 1. The Morgan fingerprint density at radius 1 is 1.35 bits per heavy atom. The van der Waals surface area contributed by atoms with Crippen molar-refractivity contribution >= 4 is 0 Å². The van der Waals surface area contributed by atoms with Gasteiger partial charge in [-0.25, -0.2) is 8.78 Å². The highest BCUT2D eigenvalue weighted by molar-refractivity contribution is 5.30. The Morgan fingerprint density at radius 3 is 2.40 bits per heavy atom. The van der Waals surface area contributed by atoms with Crippen molar-refractivity contribution in [1.29, 1.82) is 0 Å². The predicted octanol–water partition coefficient (Wildman–Crippen LogP) is 2.57. The smallest absolute Gasteiger partial charge is 0.134 e. The minimum atomic E-state index is -0.758. The highest BCUT2D eigenvalue weighted by Crippen LogP contribution is 2.29. The Morgan fingerprint density at radius 2 is 1.95 bits per heavy atom. The zero-order valence-corrected chi connectivity index (χ0v) is 12.1. The van der Waals surface area contributed by atoms with Gasteiger partial charge in [-0.15, -0.1) is 0 Å². The standard InChI is InChI=1S/C15H21F2NO2/c1-15(2,19)10-4-5-18(8-10)9-12-13(16)6-11(20-3)7-14(12)17/h6-7,10,19H,4-5,8-9H2,1-3H3/t10-/m1/s1. The second-order valence-corrected chi connectivity index (χ2v) is 5.94. The first-order chi connectivity index (χ1) is 9.31. The summed E-state index contributed by atoms with van der Waals surface area (Å²) in [6, 6.07) is 2.39. The molecular weight excluding hydrogens is 264 g/mol. The highest BCUT2D eigenvalue weighted by Gasteiger charge is 2.33. The lowest BCUT2D eigenvalue weighted by molar-refractivity contribution is 0.0207. The van der Waals surface area contributed by atoms with Gasteiger partial charge in [0.2, 0.25) is 0 Å². The van der Waals surface area contributed by atoms with Crippen molar-refractivity contribution < 1.29 is 18.6 Å². The van der Waals surface area contributed by atoms with Crippen LogP contribution in [0.5, 0.6) is 5.75 Å². The van der Waals surface area contributed by atoms with Gasteiger partial charge >= 0.3 is 0 Å². The SMILES string of the molecule is COc1cc(F)c(CN2CC[C@@H](C(C)(C)O)C2)c(F)c1. The number of halogens is 2. The summed E-state index contributed by atoms with van der Waals surface area (Å²) in [5, 5.41) is 9.99. The molecule has 1 aromatic carbocycles. The van der Waals surface area contributed by atoms with E-state index >= 15 is 0 Å². The summed E-state index contributed by atoms with van der Waals surface area (Å²) in [6.07, 6.45) is 0.836. The van der Waals surface area contributed by atoms with Crippen molar-refractivity contribution in [2.24, 2.45) is 5.92 Å². The van der Waals surface area contributed by atoms with Gasteiger partial charge in [0, 0.05) is 36.7 Å². The van der Waals surface area contributed by atoms with Crippen LogP contribution in [0.25, 0.3) is 0 Å². The maximum absolute atomic E-state index is 13.9. The maximum Gasteiger partial charge on any atom is 0.134 e. The molecule has 5 heteroatoms. The molecular formula is C15H21F2NO2. The molecule has 1 atom stereocenters. The van der Waals surface area contributed by atoms with Gasteiger partial charge in [0.05, 0.1) is 12.7 Å². The molecule has 0 unspecified atom stereocenters. The van der Waals surface area contributed by atoms with E-state index in [2.05, 4.69) is 0 Å². The fourth-order valence-corrected chi connectivity index (χ4v) is 2.63. The van der Waals surface area contributed by atoms with Crippen molar-refractivity contribution in [3.63, 3.8) is 0 Å². The third-order valence-electron chi connectivity index (χ3n) is 4.00. The second-order valence-electron chi connectivity index (χ2n) is 5.94. The average molecular weight is 285 g/mol. The van der Waals surface area contributed by atoms with Gasteiger partial charge in [-0.05, 0) is 26.8 Å². The van der Waals surface area contributed by atoms with Crippen LogP contribution in [0.4, 0.5) is 8.78 Å². The summed E-state index contributed by atoms with van der Waals surface area (Å²) in [4.78, 5) is 1.97. The zero-order chi connectivity index (χ0) is 14.9. The van der Waals surface area contributed by atoms with Crippen LogP contribution in [0.2, 0.25) is 0 Å². The van der Waals surface area contributed by atoms with Crippen molar-refractivity contribution in [2.75, 3.05) is 20.2 Å². The van der Waals surface area contributed by atoms with Crippen molar-refractivity contribution in [1.82, 2.24) is 4.90 Å². The molecule has 0 aliphatic carbocycles. The molecule has 1 aliphatic heterocycles. The summed E-state index contributed by atoms with van der Waals surface area (Å²) in [7, 11) is 1.38. The highest BCUT2D eigenvalue weighted by atomic mass is 19.1. The third kappa shape index (κ3) is 3.27. The number of benzene rings is 1. The molecule has 3 nitrogen and oxygen atoms in total. The number of rotatable bonds is 4. The predicted molar refractivity (Wildman–Crippen MR) is 72.6 cm³/mol. The lowest BCUT2D eigenvalue weighted by atomic mass is 9.90. The molecule has 1 fully saturated rings. The number of likely N-dealkylation sites (tertiary alicyclic amines) is 1. The second kappa shape index (κ2) is 5.66. The normalized spacial score (nSPS) is 20.4. The van der Waals surface area contributed by atoms with Crippen LogP contribution in [0, 0.1) is 17.6 Å². The first kappa shape index (κ1) is 15.2. The molecule has 1 aromatic rings. The van der Waals surface area contributed by atoms with Gasteiger partial charge in [0.25, 0.3) is 0 Å². The van der Waals surface area contributed by atoms with Crippen LogP contribution >= 0.6 is 0 Å². The molecule has 0 bridgehead atoms. The van der Waals surface area contributed by atoms with Gasteiger partial charge in [-0.1, -0.05) is 0 Å². The van der Waals surface area contributed by atoms with E-state index in [0.29, 0.717) is 6.54 Å².